The second kappa shape index (κ2) is 6.18. The van der Waals surface area contributed by atoms with E-state index in [9.17, 15) is 14.9 Å². The highest BCUT2D eigenvalue weighted by Crippen LogP contribution is 2.22. The summed E-state index contributed by atoms with van der Waals surface area (Å²) >= 11 is 0. The molecule has 0 spiro atoms. The maximum atomic E-state index is 11.5. The lowest BCUT2D eigenvalue weighted by atomic mass is 10.2. The fourth-order valence-corrected chi connectivity index (χ4v) is 1.34. The minimum atomic E-state index is -0.600. The molecule has 110 valence electrons. The third-order valence-corrected chi connectivity index (χ3v) is 2.15. The van der Waals surface area contributed by atoms with E-state index in [-0.39, 0.29) is 18.0 Å². The number of carbonyl (C=O) groups excluding carboxylic acids is 1. The van der Waals surface area contributed by atoms with Crippen molar-refractivity contribution < 1.29 is 19.2 Å². The highest BCUT2D eigenvalue weighted by atomic mass is 16.6. The number of hydrogen-bond acceptors (Lipinski definition) is 6. The van der Waals surface area contributed by atoms with Gasteiger partial charge in [-0.1, -0.05) is 0 Å². The van der Waals surface area contributed by atoms with Crippen LogP contribution in [0.2, 0.25) is 0 Å². The molecule has 0 unspecified atom stereocenters. The molecule has 0 aromatic carbocycles. The number of pyridine rings is 1. The van der Waals surface area contributed by atoms with Gasteiger partial charge in [0.25, 0.3) is 5.69 Å². The topological polar surface area (TPSA) is 104 Å². The number of alkyl carbamates (subject to hydrolysis) is 1. The van der Waals surface area contributed by atoms with Gasteiger partial charge >= 0.3 is 6.09 Å². The van der Waals surface area contributed by atoms with Gasteiger partial charge in [-0.05, 0) is 20.8 Å². The Hall–Kier alpha value is -2.38. The zero-order valence-electron chi connectivity index (χ0n) is 11.8. The molecule has 1 heterocycles. The van der Waals surface area contributed by atoms with Crippen molar-refractivity contribution in [2.45, 2.75) is 32.9 Å². The second-order valence-corrected chi connectivity index (χ2v) is 4.96. The first-order valence-electron chi connectivity index (χ1n) is 5.87. The molecule has 0 atom stereocenters. The number of rotatable bonds is 4. The fraction of sp³-hybridized carbons (Fsp3) is 0.500. The predicted molar refractivity (Wildman–Crippen MR) is 70.5 cm³/mol. The number of aromatic nitrogens is 1. The largest absolute Gasteiger partial charge is 0.495 e. The summed E-state index contributed by atoms with van der Waals surface area (Å²) in [5.74, 6) is 0.232. The summed E-state index contributed by atoms with van der Waals surface area (Å²) in [7, 11) is 1.37. The normalized spacial score (nSPS) is 10.8. The van der Waals surface area contributed by atoms with Crippen molar-refractivity contribution in [3.05, 3.63) is 28.1 Å². The number of carbonyl (C=O) groups is 1. The molecule has 0 aliphatic carbocycles. The summed E-state index contributed by atoms with van der Waals surface area (Å²) in [6.45, 7) is 5.29. The molecule has 0 fully saturated rings. The average Bonchev–Trinajstić information content (AvgIpc) is 2.33. The molecule has 8 heteroatoms. The van der Waals surface area contributed by atoms with Gasteiger partial charge < -0.3 is 14.8 Å². The lowest BCUT2D eigenvalue weighted by molar-refractivity contribution is -0.385. The number of ether oxygens (including phenoxy) is 2. The van der Waals surface area contributed by atoms with Crippen LogP contribution in [0.5, 0.6) is 5.75 Å². The standard InChI is InChI=1S/C12H17N3O5/c1-12(2,3)20-11(16)14-7-9-10(19-4)5-8(6-13-9)15(17)18/h5-6H,7H2,1-4H3,(H,14,16). The minimum absolute atomic E-state index is 0.0517. The molecule has 1 rings (SSSR count). The molecule has 0 radical (unpaired) electrons. The Bertz CT molecular complexity index is 510. The summed E-state index contributed by atoms with van der Waals surface area (Å²) in [5.41, 5.74) is -0.399. The number of nitro groups is 1. The van der Waals surface area contributed by atoms with Crippen LogP contribution in [0.1, 0.15) is 26.5 Å². The molecule has 0 aliphatic rings. The third kappa shape index (κ3) is 4.71. The SMILES string of the molecule is COc1cc([N+](=O)[O-])cnc1CNC(=O)OC(C)(C)C. The van der Waals surface area contributed by atoms with Crippen LogP contribution in [0.25, 0.3) is 0 Å². The molecule has 8 nitrogen and oxygen atoms in total. The molecule has 0 bridgehead atoms. The summed E-state index contributed by atoms with van der Waals surface area (Å²) in [5, 5.41) is 13.1. The van der Waals surface area contributed by atoms with Gasteiger partial charge in [0.1, 0.15) is 23.2 Å². The van der Waals surface area contributed by atoms with Gasteiger partial charge in [-0.3, -0.25) is 10.1 Å². The number of amides is 1. The predicted octanol–water partition coefficient (Wildman–Crippen LogP) is 2.02. The minimum Gasteiger partial charge on any atom is -0.495 e. The van der Waals surface area contributed by atoms with E-state index in [4.69, 9.17) is 9.47 Å². The average molecular weight is 283 g/mol. The summed E-state index contributed by atoms with van der Waals surface area (Å²) in [4.78, 5) is 25.5. The van der Waals surface area contributed by atoms with E-state index in [1.165, 1.54) is 13.2 Å². The Labute approximate surface area is 116 Å². The van der Waals surface area contributed by atoms with Gasteiger partial charge in [-0.15, -0.1) is 0 Å². The lowest BCUT2D eigenvalue weighted by Crippen LogP contribution is -2.32. The molecule has 20 heavy (non-hydrogen) atoms. The summed E-state index contributed by atoms with van der Waals surface area (Å²) in [6.07, 6.45) is 0.508. The second-order valence-electron chi connectivity index (χ2n) is 4.96. The van der Waals surface area contributed by atoms with Crippen LogP contribution in [0.15, 0.2) is 12.3 Å². The van der Waals surface area contributed by atoms with Gasteiger partial charge in [-0.25, -0.2) is 9.78 Å². The maximum Gasteiger partial charge on any atom is 0.407 e. The van der Waals surface area contributed by atoms with Gasteiger partial charge in [0.15, 0.2) is 0 Å². The zero-order chi connectivity index (χ0) is 15.3. The van der Waals surface area contributed by atoms with Crippen LogP contribution < -0.4 is 10.1 Å². The van der Waals surface area contributed by atoms with Crippen molar-refractivity contribution in [1.29, 1.82) is 0 Å². The van der Waals surface area contributed by atoms with Crippen molar-refractivity contribution in [3.63, 3.8) is 0 Å². The lowest BCUT2D eigenvalue weighted by Gasteiger charge is -2.19. The van der Waals surface area contributed by atoms with E-state index < -0.39 is 16.6 Å². The van der Waals surface area contributed by atoms with Crippen molar-refractivity contribution in [1.82, 2.24) is 10.3 Å². The van der Waals surface area contributed by atoms with E-state index in [0.29, 0.717) is 5.69 Å². The van der Waals surface area contributed by atoms with Crippen LogP contribution in [-0.4, -0.2) is 28.7 Å². The van der Waals surface area contributed by atoms with Gasteiger partial charge in [-0.2, -0.15) is 0 Å². The molecule has 0 aliphatic heterocycles. The molecule has 1 aromatic heterocycles. The van der Waals surface area contributed by atoms with Gasteiger partial charge in [0, 0.05) is 0 Å². The smallest absolute Gasteiger partial charge is 0.407 e. The molecule has 1 N–H and O–H groups in total. The van der Waals surface area contributed by atoms with Crippen LogP contribution in [-0.2, 0) is 11.3 Å². The number of methoxy groups -OCH3 is 1. The van der Waals surface area contributed by atoms with Gasteiger partial charge in [0.05, 0.1) is 24.6 Å². The fourth-order valence-electron chi connectivity index (χ4n) is 1.34. The number of hydrogen-bond donors (Lipinski definition) is 1. The van der Waals surface area contributed by atoms with E-state index in [1.807, 2.05) is 0 Å². The highest BCUT2D eigenvalue weighted by molar-refractivity contribution is 5.67. The first kappa shape index (κ1) is 15.7. The van der Waals surface area contributed by atoms with Crippen molar-refractivity contribution in [2.24, 2.45) is 0 Å². The van der Waals surface area contributed by atoms with Crippen molar-refractivity contribution in [3.8, 4) is 5.75 Å². The Morgan fingerprint density at radius 2 is 2.15 bits per heavy atom. The first-order valence-corrected chi connectivity index (χ1v) is 5.87. The molecular weight excluding hydrogens is 266 g/mol. The van der Waals surface area contributed by atoms with Crippen molar-refractivity contribution in [2.75, 3.05) is 7.11 Å². The molecule has 0 saturated carbocycles. The molecule has 0 saturated heterocycles. The van der Waals surface area contributed by atoms with E-state index in [0.717, 1.165) is 6.20 Å². The van der Waals surface area contributed by atoms with Crippen LogP contribution in [0, 0.1) is 10.1 Å². The van der Waals surface area contributed by atoms with E-state index in [2.05, 4.69) is 10.3 Å². The molecule has 1 amide bonds. The van der Waals surface area contributed by atoms with Crippen molar-refractivity contribution >= 4 is 11.8 Å². The zero-order valence-corrected chi connectivity index (χ0v) is 11.8. The Balaban J connectivity index is 2.73. The maximum absolute atomic E-state index is 11.5. The first-order chi connectivity index (χ1) is 9.23. The van der Waals surface area contributed by atoms with Crippen LogP contribution >= 0.6 is 0 Å². The monoisotopic (exact) mass is 283 g/mol. The Morgan fingerprint density at radius 3 is 2.65 bits per heavy atom. The van der Waals surface area contributed by atoms with E-state index in [1.54, 1.807) is 20.8 Å². The summed E-state index contributed by atoms with van der Waals surface area (Å²) in [6, 6.07) is 1.25. The quantitative estimate of drug-likeness (QED) is 0.669. The Morgan fingerprint density at radius 1 is 1.50 bits per heavy atom. The van der Waals surface area contributed by atoms with Gasteiger partial charge in [0.2, 0.25) is 0 Å². The van der Waals surface area contributed by atoms with Crippen LogP contribution in [0.3, 0.4) is 0 Å². The highest BCUT2D eigenvalue weighted by Gasteiger charge is 2.17. The molecule has 1 aromatic rings. The Kier molecular flexibility index (Phi) is 4.84. The van der Waals surface area contributed by atoms with E-state index >= 15 is 0 Å². The number of nitrogens with one attached hydrogen (secondary N) is 1. The summed E-state index contributed by atoms with van der Waals surface area (Å²) < 4.78 is 10.1. The number of nitrogens with zero attached hydrogens (tertiary/aromatic N) is 2. The van der Waals surface area contributed by atoms with Crippen LogP contribution in [0.4, 0.5) is 10.5 Å². The third-order valence-electron chi connectivity index (χ3n) is 2.15. The molecular formula is C12H17N3O5.